The molecule has 9 aliphatic heterocycles. The first kappa shape index (κ1) is 48.9. The van der Waals surface area contributed by atoms with Gasteiger partial charge < -0.3 is 137 Å². The van der Waals surface area contributed by atoms with Crippen LogP contribution in [0.25, 0.3) is 0 Å². The Bertz CT molecular complexity index is 1570. The summed E-state index contributed by atoms with van der Waals surface area (Å²) in [5, 5.41) is 140. The molecule has 28 nitrogen and oxygen atoms in total. The number of hydrogen-bond donors (Lipinski definition) is 13. The molecule has 0 amide bonds. The van der Waals surface area contributed by atoms with Gasteiger partial charge in [0.1, 0.15) is 146 Å². The Hall–Kier alpha value is -1.12. The SMILES string of the molecule is COC[C@H]1O[C@@H](O[C@H]2[C@H]3OC[C@@H]2O[C@@H](O[C@H]2[C@@H](O)[C@@H](CO)O[C@@H](O[C@H]4[C@H]5OC[C@@H]4O[C@@H](O[C@H]4[C@@H](O)[C@@H](CO)OC(O)[C@@H]4O)[C@H]5O)[C@@H]2O)[C@H]3O)[C@H](O)[C@@H](O[C@@H]2O[C@H]3CO[C@@H]([C@@H]2O)[C@@H]3O)[C@H]1O. The van der Waals surface area contributed by atoms with Crippen LogP contribution in [0.5, 0.6) is 0 Å². The topological polar surface area (TPSA) is 401 Å². The minimum absolute atomic E-state index is 0.0190. The predicted molar refractivity (Wildman–Crippen MR) is 194 cm³/mol. The summed E-state index contributed by atoms with van der Waals surface area (Å²) >= 11 is 0. The molecule has 9 heterocycles. The van der Waals surface area contributed by atoms with E-state index < -0.39 is 197 Å². The second-order valence-electron chi connectivity index (χ2n) is 17.4. The third kappa shape index (κ3) is 9.00. The maximum Gasteiger partial charge on any atom is 0.187 e. The van der Waals surface area contributed by atoms with Gasteiger partial charge in [0.2, 0.25) is 0 Å². The van der Waals surface area contributed by atoms with Crippen molar-refractivity contribution in [2.75, 3.05) is 46.8 Å². The van der Waals surface area contributed by atoms with E-state index in [1.807, 2.05) is 0 Å². The number of methoxy groups -OCH3 is 1. The van der Waals surface area contributed by atoms with Crippen molar-refractivity contribution in [1.82, 2.24) is 0 Å². The van der Waals surface area contributed by atoms with E-state index in [2.05, 4.69) is 0 Å². The van der Waals surface area contributed by atoms with Crippen LogP contribution >= 0.6 is 0 Å². The zero-order chi connectivity index (χ0) is 46.2. The molecule has 9 saturated heterocycles. The van der Waals surface area contributed by atoms with Gasteiger partial charge in [-0.1, -0.05) is 0 Å². The van der Waals surface area contributed by atoms with E-state index in [1.165, 1.54) is 7.11 Å². The van der Waals surface area contributed by atoms with Crippen LogP contribution in [-0.2, 0) is 71.1 Å². The highest BCUT2D eigenvalue weighted by Gasteiger charge is 2.61. The van der Waals surface area contributed by atoms with Gasteiger partial charge >= 0.3 is 0 Å². The molecular formula is C37H58O28. The number of rotatable bonds is 14. The van der Waals surface area contributed by atoms with Gasteiger partial charge in [0, 0.05) is 7.11 Å². The first-order chi connectivity index (χ1) is 31.1. The van der Waals surface area contributed by atoms with E-state index in [0.29, 0.717) is 0 Å². The van der Waals surface area contributed by atoms with Gasteiger partial charge in [-0.05, 0) is 0 Å². The summed E-state index contributed by atoms with van der Waals surface area (Å²) in [6, 6.07) is 0. The summed E-state index contributed by atoms with van der Waals surface area (Å²) < 4.78 is 85.9. The fourth-order valence-corrected chi connectivity index (χ4v) is 9.77. The molecule has 0 aromatic rings. The van der Waals surface area contributed by atoms with Crippen molar-refractivity contribution in [1.29, 1.82) is 0 Å². The molecule has 0 aliphatic carbocycles. The number of aliphatic hydroxyl groups excluding tert-OH is 13. The van der Waals surface area contributed by atoms with E-state index in [1.54, 1.807) is 0 Å². The molecule has 0 aromatic heterocycles. The molecule has 9 fully saturated rings. The average Bonchev–Trinajstić information content (AvgIpc) is 3.88. The average molecular weight is 951 g/mol. The van der Waals surface area contributed by atoms with Crippen molar-refractivity contribution in [3.05, 3.63) is 0 Å². The quantitative estimate of drug-likeness (QED) is 0.0769. The highest BCUT2D eigenvalue weighted by atomic mass is 16.8. The van der Waals surface area contributed by atoms with Crippen LogP contribution in [0.3, 0.4) is 0 Å². The molecule has 1 unspecified atom stereocenters. The fraction of sp³-hybridized carbons (Fsp3) is 1.00. The lowest BCUT2D eigenvalue weighted by Gasteiger charge is -2.48. The molecule has 0 aromatic carbocycles. The molecular weight excluding hydrogens is 892 g/mol. The van der Waals surface area contributed by atoms with Crippen LogP contribution in [0, 0.1) is 0 Å². The van der Waals surface area contributed by atoms with Crippen molar-refractivity contribution >= 4 is 0 Å². The van der Waals surface area contributed by atoms with Crippen LogP contribution in [0.1, 0.15) is 0 Å². The van der Waals surface area contributed by atoms with Crippen LogP contribution in [0.15, 0.2) is 0 Å². The van der Waals surface area contributed by atoms with E-state index in [4.69, 9.17) is 71.1 Å². The molecule has 65 heavy (non-hydrogen) atoms. The van der Waals surface area contributed by atoms with Crippen LogP contribution in [-0.4, -0.2) is 297 Å². The Morgan fingerprint density at radius 2 is 0.738 bits per heavy atom. The monoisotopic (exact) mass is 950 g/mol. The van der Waals surface area contributed by atoms with E-state index in [0.717, 1.165) is 0 Å². The maximum atomic E-state index is 11.5. The van der Waals surface area contributed by atoms with Crippen LogP contribution in [0.2, 0.25) is 0 Å². The van der Waals surface area contributed by atoms with Gasteiger partial charge in [0.15, 0.2) is 37.7 Å². The van der Waals surface area contributed by atoms with E-state index >= 15 is 0 Å². The lowest BCUT2D eigenvalue weighted by molar-refractivity contribution is -0.380. The first-order valence-corrected chi connectivity index (χ1v) is 21.4. The second kappa shape index (κ2) is 19.9. The number of hydrogen-bond acceptors (Lipinski definition) is 28. The molecule has 374 valence electrons. The Labute approximate surface area is 368 Å². The zero-order valence-corrected chi connectivity index (χ0v) is 34.5. The lowest BCUT2D eigenvalue weighted by Crippen LogP contribution is -2.66. The third-order valence-corrected chi connectivity index (χ3v) is 13.3. The minimum atomic E-state index is -1.87. The van der Waals surface area contributed by atoms with Crippen molar-refractivity contribution < 1.29 is 137 Å². The molecule has 0 spiro atoms. The van der Waals surface area contributed by atoms with E-state index in [-0.39, 0.29) is 26.4 Å². The smallest absolute Gasteiger partial charge is 0.187 e. The number of ether oxygens (including phenoxy) is 15. The third-order valence-electron chi connectivity index (χ3n) is 13.3. The highest BCUT2D eigenvalue weighted by Crippen LogP contribution is 2.41. The van der Waals surface area contributed by atoms with Crippen molar-refractivity contribution in [3.8, 4) is 0 Å². The molecule has 30 atom stereocenters. The summed E-state index contributed by atoms with van der Waals surface area (Å²) in [5.74, 6) is 0. The summed E-state index contributed by atoms with van der Waals surface area (Å²) in [4.78, 5) is 0. The van der Waals surface area contributed by atoms with E-state index in [9.17, 15) is 66.4 Å². The fourth-order valence-electron chi connectivity index (χ4n) is 9.77. The van der Waals surface area contributed by atoms with Crippen molar-refractivity contribution in [2.24, 2.45) is 0 Å². The first-order valence-electron chi connectivity index (χ1n) is 21.4. The summed E-state index contributed by atoms with van der Waals surface area (Å²) in [6.45, 7) is -2.11. The Morgan fingerprint density at radius 1 is 0.369 bits per heavy atom. The number of fused-ring (bicyclic) bond motifs is 6. The molecule has 6 bridgehead atoms. The van der Waals surface area contributed by atoms with Gasteiger partial charge in [-0.15, -0.1) is 0 Å². The summed E-state index contributed by atoms with van der Waals surface area (Å²) in [7, 11) is 1.34. The second-order valence-corrected chi connectivity index (χ2v) is 17.4. The molecule has 13 N–H and O–H groups in total. The standard InChI is InChI=1S/C37H58O28/c1-51-4-10-17(43)29(65-33-19(45)26-16(42)11(58-33)5-52-26)21(47)35(57-10)62-25-13-7-54-31(25)23(49)37(60-13)64-28-15(41)9(3-39)56-34(20(28)46)61-24-12-6-53-30(24)22(48)36(59-12)63-27-14(40)8(2-38)55-32(50)18(27)44/h8-50H,2-7H2,1H3/t8-,9-,10-,11+,12+,13+,14+,15+,16-,17+,18-,19+,20-,21-,22+,23+,24-,25-,26-,27+,28+,29+,30+,31+,32?,33+,34+,35+,36+,37+/m1/s1. The Balaban J connectivity index is 0.835. The van der Waals surface area contributed by atoms with Gasteiger partial charge in [-0.25, -0.2) is 0 Å². The molecule has 9 aliphatic rings. The maximum absolute atomic E-state index is 11.5. The molecule has 28 heteroatoms. The normalized spacial score (nSPS) is 56.6. The highest BCUT2D eigenvalue weighted by molar-refractivity contribution is 5.03. The van der Waals surface area contributed by atoms with Gasteiger partial charge in [-0.2, -0.15) is 0 Å². The molecule has 9 rings (SSSR count). The summed E-state index contributed by atoms with van der Waals surface area (Å²) in [5.41, 5.74) is 0. The van der Waals surface area contributed by atoms with Crippen molar-refractivity contribution in [2.45, 2.75) is 184 Å². The Kier molecular flexibility index (Phi) is 15.0. The van der Waals surface area contributed by atoms with Gasteiger partial charge in [0.25, 0.3) is 0 Å². The van der Waals surface area contributed by atoms with Crippen LogP contribution < -0.4 is 0 Å². The van der Waals surface area contributed by atoms with Crippen molar-refractivity contribution in [3.63, 3.8) is 0 Å². The Morgan fingerprint density at radius 3 is 1.23 bits per heavy atom. The lowest BCUT2D eigenvalue weighted by atomic mass is 9.96. The van der Waals surface area contributed by atoms with Gasteiger partial charge in [-0.3, -0.25) is 0 Å². The van der Waals surface area contributed by atoms with Crippen LogP contribution in [0.4, 0.5) is 0 Å². The molecule has 0 radical (unpaired) electrons. The minimum Gasteiger partial charge on any atom is -0.394 e. The molecule has 0 saturated carbocycles. The predicted octanol–water partition coefficient (Wildman–Crippen LogP) is -10.3. The summed E-state index contributed by atoms with van der Waals surface area (Å²) in [6.07, 6.45) is -43.5. The number of aliphatic hydroxyl groups is 13. The zero-order valence-electron chi connectivity index (χ0n) is 34.5. The van der Waals surface area contributed by atoms with Gasteiger partial charge in [0.05, 0.1) is 39.6 Å². The largest absolute Gasteiger partial charge is 0.394 e.